The molecular formula is C44H54F4O18. The molecule has 22 heteroatoms. The molecule has 18 nitrogen and oxygen atoms in total. The average molecular weight is 947 g/mol. The Labute approximate surface area is 375 Å². The fourth-order valence-electron chi connectivity index (χ4n) is 14.2. The molecule has 15 unspecified atom stereocenters. The van der Waals surface area contributed by atoms with E-state index in [4.69, 9.17) is 61.6 Å². The standard InChI is InChI=1S/C23H30F2O9.C21H24F2O9/c1-4-28-10(2)29-16-14-15(30-18(16)26)17-19(31-14)33-23(32-17)12-5-11-6-13(23)9-22(7-11,8-12)34-20(27)21(3,24)25;1-8(24)27-14-12-13(28-16(14)25)15-17(29-12)31-21(30-15)10-3-9-4-11(21)7-20(5-9,6-10)32-18(26)19(2,22)23/h10-17,19H,4-9H2,1-3H3;9-15,17H,3-7H2,1-2H3. The molecule has 366 valence electrons. The Bertz CT molecular complexity index is 2010. The Hall–Kier alpha value is -3.25. The van der Waals surface area contributed by atoms with Gasteiger partial charge in [0.05, 0.1) is 0 Å². The topological polar surface area (TPSA) is 205 Å². The summed E-state index contributed by atoms with van der Waals surface area (Å²) in [6, 6.07) is 0. The van der Waals surface area contributed by atoms with Crippen LogP contribution in [0.2, 0.25) is 0 Å². The van der Waals surface area contributed by atoms with Gasteiger partial charge in [-0.3, -0.25) is 4.79 Å². The van der Waals surface area contributed by atoms with Crippen LogP contribution in [0.1, 0.15) is 98.8 Å². The summed E-state index contributed by atoms with van der Waals surface area (Å²) in [4.78, 5) is 59.9. The zero-order valence-electron chi connectivity index (χ0n) is 37.0. The lowest BCUT2D eigenvalue weighted by Gasteiger charge is -2.62. The second-order valence-corrected chi connectivity index (χ2v) is 20.8. The third kappa shape index (κ3) is 7.02. The Morgan fingerprint density at radius 2 is 1.05 bits per heavy atom. The fourth-order valence-corrected chi connectivity index (χ4v) is 14.2. The maximum Gasteiger partial charge on any atom is 0.377 e. The summed E-state index contributed by atoms with van der Waals surface area (Å²) in [6.07, 6.45) is -2.63. The quantitative estimate of drug-likeness (QED) is 0.140. The predicted molar refractivity (Wildman–Crippen MR) is 202 cm³/mol. The highest BCUT2D eigenvalue weighted by Gasteiger charge is 2.75. The SMILES string of the molecule is CC(=O)OC1C(=O)OC2C3OC4(OC3OC12)C1CC2CC4CC(OC(=O)C(C)(F)F)(C2)C1.CCOC(C)OC1C(=O)OC2C3OC4(OC3OC12)C1CC2CC4CC(OC(=O)C(C)(F)F)(C2)C1. The first-order valence-electron chi connectivity index (χ1n) is 23.1. The molecule has 6 heterocycles. The van der Waals surface area contributed by atoms with Gasteiger partial charge in [-0.05, 0) is 89.9 Å². The van der Waals surface area contributed by atoms with E-state index in [-0.39, 0.29) is 35.5 Å². The molecule has 8 aliphatic carbocycles. The number of halogens is 4. The van der Waals surface area contributed by atoms with Crippen LogP contribution in [-0.2, 0) is 85.6 Å². The number of hydrogen-bond donors (Lipinski definition) is 0. The molecule has 0 aromatic heterocycles. The van der Waals surface area contributed by atoms with Crippen LogP contribution in [0, 0.1) is 35.5 Å². The maximum absolute atomic E-state index is 13.6. The Morgan fingerprint density at radius 1 is 0.636 bits per heavy atom. The van der Waals surface area contributed by atoms with Gasteiger partial charge in [0.25, 0.3) is 0 Å². The van der Waals surface area contributed by atoms with Crippen molar-refractivity contribution in [2.24, 2.45) is 35.5 Å². The van der Waals surface area contributed by atoms with Crippen molar-refractivity contribution in [2.75, 3.05) is 6.61 Å². The summed E-state index contributed by atoms with van der Waals surface area (Å²) in [5, 5.41) is 0. The van der Waals surface area contributed by atoms with E-state index < -0.39 is 132 Å². The molecule has 6 aliphatic heterocycles. The summed E-state index contributed by atoms with van der Waals surface area (Å²) >= 11 is 0. The number of fused-ring (bicyclic) bond motifs is 6. The highest BCUT2D eigenvalue weighted by molar-refractivity contribution is 5.82. The summed E-state index contributed by atoms with van der Waals surface area (Å²) in [5.41, 5.74) is -1.85. The van der Waals surface area contributed by atoms with Crippen molar-refractivity contribution in [1.82, 2.24) is 0 Å². The van der Waals surface area contributed by atoms with Crippen molar-refractivity contribution in [3.63, 3.8) is 0 Å². The summed E-state index contributed by atoms with van der Waals surface area (Å²) < 4.78 is 130. The van der Waals surface area contributed by atoms with E-state index in [0.29, 0.717) is 59.0 Å². The number of rotatable bonds is 9. The van der Waals surface area contributed by atoms with E-state index >= 15 is 0 Å². The van der Waals surface area contributed by atoms with Crippen molar-refractivity contribution >= 4 is 29.8 Å². The fraction of sp³-hybridized carbons (Fsp3) is 0.886. The summed E-state index contributed by atoms with van der Waals surface area (Å²) in [5.74, 6) is -14.0. The average Bonchev–Trinajstić information content (AvgIpc) is 4.03. The number of ether oxygens (including phenoxy) is 13. The van der Waals surface area contributed by atoms with Gasteiger partial charge in [0, 0.05) is 51.0 Å². The third-order valence-electron chi connectivity index (χ3n) is 16.1. The lowest BCUT2D eigenvalue weighted by molar-refractivity contribution is -0.344. The van der Waals surface area contributed by atoms with Crippen molar-refractivity contribution < 1.29 is 103 Å². The molecule has 0 radical (unpaired) electrons. The minimum atomic E-state index is -3.55. The van der Waals surface area contributed by atoms with Gasteiger partial charge >= 0.3 is 41.7 Å². The third-order valence-corrected chi connectivity index (χ3v) is 16.1. The van der Waals surface area contributed by atoms with Gasteiger partial charge in [-0.2, -0.15) is 17.6 Å². The molecule has 14 fully saturated rings. The second-order valence-electron chi connectivity index (χ2n) is 20.8. The van der Waals surface area contributed by atoms with E-state index in [1.54, 1.807) is 6.92 Å². The first-order valence-corrected chi connectivity index (χ1v) is 23.1. The lowest BCUT2D eigenvalue weighted by atomic mass is 9.51. The van der Waals surface area contributed by atoms with Crippen molar-refractivity contribution in [3.8, 4) is 0 Å². The predicted octanol–water partition coefficient (Wildman–Crippen LogP) is 3.75. The van der Waals surface area contributed by atoms with Crippen molar-refractivity contribution in [3.05, 3.63) is 0 Å². The molecule has 0 aromatic rings. The van der Waals surface area contributed by atoms with Crippen LogP contribution in [0.3, 0.4) is 0 Å². The van der Waals surface area contributed by atoms with Gasteiger partial charge in [-0.15, -0.1) is 0 Å². The minimum absolute atomic E-state index is 0.133. The molecule has 0 amide bonds. The maximum atomic E-state index is 13.6. The molecule has 14 rings (SSSR count). The molecule has 15 atom stereocenters. The largest absolute Gasteiger partial charge is 0.455 e. The first kappa shape index (κ1) is 45.2. The van der Waals surface area contributed by atoms with E-state index in [0.717, 1.165) is 25.7 Å². The van der Waals surface area contributed by atoms with Gasteiger partial charge < -0.3 is 61.6 Å². The second kappa shape index (κ2) is 15.1. The normalized spacial score (nSPS) is 49.8. The van der Waals surface area contributed by atoms with E-state index in [1.165, 1.54) is 6.92 Å². The van der Waals surface area contributed by atoms with Crippen molar-refractivity contribution in [2.45, 2.75) is 201 Å². The van der Waals surface area contributed by atoms with Gasteiger partial charge in [-0.1, -0.05) is 0 Å². The number of carbonyl (C=O) groups is 5. The number of esters is 5. The van der Waals surface area contributed by atoms with Crippen LogP contribution in [0.15, 0.2) is 0 Å². The van der Waals surface area contributed by atoms with E-state index in [9.17, 15) is 41.5 Å². The Kier molecular flexibility index (Phi) is 10.4. The Morgan fingerprint density at radius 3 is 1.44 bits per heavy atom. The summed E-state index contributed by atoms with van der Waals surface area (Å²) in [6.45, 7) is 6.27. The Balaban J connectivity index is 0.000000146. The van der Waals surface area contributed by atoms with Crippen LogP contribution in [0.4, 0.5) is 17.6 Å². The number of alkyl halides is 4. The van der Waals surface area contributed by atoms with E-state index in [2.05, 4.69) is 0 Å². The van der Waals surface area contributed by atoms with Gasteiger partial charge in [0.15, 0.2) is 61.0 Å². The lowest BCUT2D eigenvalue weighted by Crippen LogP contribution is -2.66. The molecule has 14 aliphatic rings. The van der Waals surface area contributed by atoms with Crippen LogP contribution < -0.4 is 0 Å². The van der Waals surface area contributed by atoms with E-state index in [1.807, 2.05) is 6.92 Å². The molecular weight excluding hydrogens is 892 g/mol. The monoisotopic (exact) mass is 946 g/mol. The highest BCUT2D eigenvalue weighted by Crippen LogP contribution is 2.67. The van der Waals surface area contributed by atoms with Gasteiger partial charge in [0.2, 0.25) is 6.10 Å². The van der Waals surface area contributed by atoms with Gasteiger partial charge in [-0.25, -0.2) is 19.2 Å². The van der Waals surface area contributed by atoms with Crippen LogP contribution >= 0.6 is 0 Å². The van der Waals surface area contributed by atoms with Crippen LogP contribution in [0.25, 0.3) is 0 Å². The molecule has 0 N–H and O–H groups in total. The molecule has 66 heavy (non-hydrogen) atoms. The smallest absolute Gasteiger partial charge is 0.377 e. The highest BCUT2D eigenvalue weighted by atomic mass is 19.3. The number of hydrogen-bond acceptors (Lipinski definition) is 18. The molecule has 2 spiro atoms. The van der Waals surface area contributed by atoms with Crippen LogP contribution in [0.5, 0.6) is 0 Å². The summed E-state index contributed by atoms with van der Waals surface area (Å²) in [7, 11) is 0. The molecule has 6 saturated heterocycles. The molecule has 0 aromatic carbocycles. The molecule has 8 saturated carbocycles. The zero-order chi connectivity index (χ0) is 46.7. The zero-order valence-corrected chi connectivity index (χ0v) is 37.0. The minimum Gasteiger partial charge on any atom is -0.455 e. The molecule has 8 bridgehead atoms. The first-order chi connectivity index (χ1) is 31.0. The van der Waals surface area contributed by atoms with Gasteiger partial charge in [0.1, 0.15) is 23.4 Å². The van der Waals surface area contributed by atoms with Crippen LogP contribution in [-0.4, -0.2) is 139 Å². The number of carbonyl (C=O) groups excluding carboxylic acids is 5. The van der Waals surface area contributed by atoms with Crippen molar-refractivity contribution in [1.29, 1.82) is 0 Å².